The number of benzene rings is 1. The number of rotatable bonds is 5. The number of ether oxygens (including phenoxy) is 1. The molecule has 0 bridgehead atoms. The van der Waals surface area contributed by atoms with Gasteiger partial charge in [-0.3, -0.25) is 0 Å². The number of hydrogen-bond donors (Lipinski definition) is 1. The molecule has 5 nitrogen and oxygen atoms in total. The molecule has 1 heterocycles. The Hall–Kier alpha value is -1.72. The van der Waals surface area contributed by atoms with Gasteiger partial charge in [-0.1, -0.05) is 30.3 Å². The van der Waals surface area contributed by atoms with Gasteiger partial charge in [0.25, 0.3) is 0 Å². The van der Waals surface area contributed by atoms with Gasteiger partial charge >= 0.3 is 0 Å². The van der Waals surface area contributed by atoms with Crippen LogP contribution in [0.15, 0.2) is 34.7 Å². The van der Waals surface area contributed by atoms with Crippen LogP contribution in [-0.4, -0.2) is 23.9 Å². The summed E-state index contributed by atoms with van der Waals surface area (Å²) in [6.07, 6.45) is 0.602. The van der Waals surface area contributed by atoms with Crippen LogP contribution in [0.2, 0.25) is 0 Å². The van der Waals surface area contributed by atoms with Crippen LogP contribution in [0.3, 0.4) is 0 Å². The normalized spacial score (nSPS) is 12.6. The van der Waals surface area contributed by atoms with Crippen molar-refractivity contribution in [1.29, 1.82) is 0 Å². The molecule has 5 heteroatoms. The van der Waals surface area contributed by atoms with E-state index < -0.39 is 0 Å². The molecule has 1 atom stereocenters. The molecule has 0 spiro atoms. The van der Waals surface area contributed by atoms with Crippen molar-refractivity contribution in [3.8, 4) is 0 Å². The average molecular weight is 233 g/mol. The van der Waals surface area contributed by atoms with Gasteiger partial charge in [-0.05, 0) is 5.56 Å². The predicted molar refractivity (Wildman–Crippen MR) is 62.4 cm³/mol. The Morgan fingerprint density at radius 3 is 2.76 bits per heavy atom. The van der Waals surface area contributed by atoms with Gasteiger partial charge in [-0.2, -0.15) is 0 Å². The Labute approximate surface area is 99.6 Å². The largest absolute Gasteiger partial charge is 0.423 e. The summed E-state index contributed by atoms with van der Waals surface area (Å²) in [6, 6.07) is 9.29. The summed E-state index contributed by atoms with van der Waals surface area (Å²) >= 11 is 0. The van der Waals surface area contributed by atoms with E-state index in [9.17, 15) is 0 Å². The average Bonchev–Trinajstić information content (AvgIpc) is 2.85. The fourth-order valence-corrected chi connectivity index (χ4v) is 1.49. The van der Waals surface area contributed by atoms with Crippen LogP contribution in [0.5, 0.6) is 0 Å². The van der Waals surface area contributed by atoms with Crippen molar-refractivity contribution >= 4 is 0 Å². The number of aromatic nitrogens is 2. The Kier molecular flexibility index (Phi) is 3.85. The molecular formula is C12H15N3O2. The Morgan fingerprint density at radius 2 is 2.06 bits per heavy atom. The number of hydrogen-bond acceptors (Lipinski definition) is 5. The minimum Gasteiger partial charge on any atom is -0.423 e. The molecule has 2 aromatic rings. The second kappa shape index (κ2) is 5.56. The zero-order chi connectivity index (χ0) is 12.1. The van der Waals surface area contributed by atoms with Crippen LogP contribution < -0.4 is 5.73 Å². The molecule has 0 aliphatic rings. The van der Waals surface area contributed by atoms with E-state index in [4.69, 9.17) is 14.9 Å². The fourth-order valence-electron chi connectivity index (χ4n) is 1.49. The van der Waals surface area contributed by atoms with Crippen LogP contribution in [0.25, 0.3) is 0 Å². The molecule has 2 N–H and O–H groups in total. The van der Waals surface area contributed by atoms with Crippen molar-refractivity contribution in [2.75, 3.05) is 13.7 Å². The SMILES string of the molecule is COCCc1nnc(C(N)c2ccccc2)o1. The smallest absolute Gasteiger partial charge is 0.237 e. The third kappa shape index (κ3) is 2.89. The fraction of sp³-hybridized carbons (Fsp3) is 0.333. The van der Waals surface area contributed by atoms with E-state index in [1.54, 1.807) is 7.11 Å². The Balaban J connectivity index is 2.09. The molecule has 1 aromatic carbocycles. The van der Waals surface area contributed by atoms with Crippen LogP contribution in [0, 0.1) is 0 Å². The van der Waals surface area contributed by atoms with Gasteiger partial charge in [-0.15, -0.1) is 10.2 Å². The van der Waals surface area contributed by atoms with Crippen LogP contribution in [0.4, 0.5) is 0 Å². The molecule has 1 unspecified atom stereocenters. The number of methoxy groups -OCH3 is 1. The lowest BCUT2D eigenvalue weighted by Crippen LogP contribution is -2.12. The minimum atomic E-state index is -0.375. The summed E-state index contributed by atoms with van der Waals surface area (Å²) in [6.45, 7) is 0.558. The summed E-state index contributed by atoms with van der Waals surface area (Å²) in [5, 5.41) is 7.87. The zero-order valence-electron chi connectivity index (χ0n) is 9.67. The molecule has 0 aliphatic carbocycles. The third-order valence-corrected chi connectivity index (χ3v) is 2.43. The summed E-state index contributed by atoms with van der Waals surface area (Å²) in [5.41, 5.74) is 6.98. The van der Waals surface area contributed by atoms with Gasteiger partial charge < -0.3 is 14.9 Å². The summed E-state index contributed by atoms with van der Waals surface area (Å²) in [4.78, 5) is 0. The molecule has 2 rings (SSSR count). The van der Waals surface area contributed by atoms with E-state index in [0.29, 0.717) is 24.8 Å². The second-order valence-corrected chi connectivity index (χ2v) is 3.67. The number of nitrogens with zero attached hydrogens (tertiary/aromatic N) is 2. The maximum atomic E-state index is 6.03. The molecule has 17 heavy (non-hydrogen) atoms. The van der Waals surface area contributed by atoms with Crippen LogP contribution in [0.1, 0.15) is 23.4 Å². The first-order chi connectivity index (χ1) is 8.31. The standard InChI is InChI=1S/C12H15N3O2/c1-16-8-7-10-14-15-12(17-10)11(13)9-5-3-2-4-6-9/h2-6,11H,7-8,13H2,1H3. The van der Waals surface area contributed by atoms with Crippen molar-refractivity contribution in [2.45, 2.75) is 12.5 Å². The van der Waals surface area contributed by atoms with Gasteiger partial charge in [0.1, 0.15) is 6.04 Å². The monoisotopic (exact) mass is 233 g/mol. The third-order valence-electron chi connectivity index (χ3n) is 2.43. The molecule has 1 aromatic heterocycles. The lowest BCUT2D eigenvalue weighted by molar-refractivity contribution is 0.194. The van der Waals surface area contributed by atoms with E-state index in [1.807, 2.05) is 30.3 Å². The molecule has 0 amide bonds. The maximum Gasteiger partial charge on any atom is 0.237 e. The maximum absolute atomic E-state index is 6.03. The highest BCUT2D eigenvalue weighted by Crippen LogP contribution is 2.17. The van der Waals surface area contributed by atoms with Gasteiger partial charge in [0, 0.05) is 13.5 Å². The lowest BCUT2D eigenvalue weighted by Gasteiger charge is -2.06. The van der Waals surface area contributed by atoms with Gasteiger partial charge in [0.15, 0.2) is 0 Å². The van der Waals surface area contributed by atoms with Gasteiger partial charge in [0.05, 0.1) is 6.61 Å². The molecule has 90 valence electrons. The van der Waals surface area contributed by atoms with E-state index in [1.165, 1.54) is 0 Å². The summed E-state index contributed by atoms with van der Waals surface area (Å²) in [7, 11) is 1.63. The Bertz CT molecular complexity index is 456. The van der Waals surface area contributed by atoms with E-state index >= 15 is 0 Å². The molecule has 0 saturated heterocycles. The molecule has 0 fully saturated rings. The van der Waals surface area contributed by atoms with Crippen molar-refractivity contribution in [2.24, 2.45) is 5.73 Å². The molecule has 0 radical (unpaired) electrons. The first kappa shape index (κ1) is 11.8. The summed E-state index contributed by atoms with van der Waals surface area (Å²) in [5.74, 6) is 0.982. The zero-order valence-corrected chi connectivity index (χ0v) is 9.67. The van der Waals surface area contributed by atoms with Crippen molar-refractivity contribution < 1.29 is 9.15 Å². The first-order valence-corrected chi connectivity index (χ1v) is 5.43. The molecular weight excluding hydrogens is 218 g/mol. The second-order valence-electron chi connectivity index (χ2n) is 3.67. The van der Waals surface area contributed by atoms with E-state index in [-0.39, 0.29) is 6.04 Å². The van der Waals surface area contributed by atoms with Crippen LogP contribution in [-0.2, 0) is 11.2 Å². The topological polar surface area (TPSA) is 74.2 Å². The van der Waals surface area contributed by atoms with Crippen molar-refractivity contribution in [3.63, 3.8) is 0 Å². The van der Waals surface area contributed by atoms with E-state index in [0.717, 1.165) is 5.56 Å². The highest BCUT2D eigenvalue weighted by Gasteiger charge is 2.15. The quantitative estimate of drug-likeness (QED) is 0.842. The molecule has 0 aliphatic heterocycles. The first-order valence-electron chi connectivity index (χ1n) is 5.43. The summed E-state index contributed by atoms with van der Waals surface area (Å²) < 4.78 is 10.4. The highest BCUT2D eigenvalue weighted by molar-refractivity contribution is 5.22. The lowest BCUT2D eigenvalue weighted by atomic mass is 10.1. The predicted octanol–water partition coefficient (Wildman–Crippen LogP) is 1.31. The van der Waals surface area contributed by atoms with Gasteiger partial charge in [0.2, 0.25) is 11.8 Å². The number of nitrogens with two attached hydrogens (primary N) is 1. The highest BCUT2D eigenvalue weighted by atomic mass is 16.5. The minimum absolute atomic E-state index is 0.375. The molecule has 0 saturated carbocycles. The van der Waals surface area contributed by atoms with Crippen LogP contribution >= 0.6 is 0 Å². The van der Waals surface area contributed by atoms with Gasteiger partial charge in [-0.25, -0.2) is 0 Å². The Morgan fingerprint density at radius 1 is 1.29 bits per heavy atom. The van der Waals surface area contributed by atoms with Crippen molar-refractivity contribution in [3.05, 3.63) is 47.7 Å². The van der Waals surface area contributed by atoms with E-state index in [2.05, 4.69) is 10.2 Å². The van der Waals surface area contributed by atoms with Crippen molar-refractivity contribution in [1.82, 2.24) is 10.2 Å².